The fourth-order valence-corrected chi connectivity index (χ4v) is 4.47. The Morgan fingerprint density at radius 1 is 1.23 bits per heavy atom. The number of benzene rings is 2. The van der Waals surface area contributed by atoms with Gasteiger partial charge in [0.25, 0.3) is 0 Å². The number of hydrogen-bond donors (Lipinski definition) is 2. The van der Waals surface area contributed by atoms with Crippen LogP contribution in [0.5, 0.6) is 0 Å². The molecule has 4 rings (SSSR count). The lowest BCUT2D eigenvalue weighted by atomic mass is 9.82. The second-order valence-electron chi connectivity index (χ2n) is 7.27. The fourth-order valence-electron chi connectivity index (χ4n) is 4.47. The Bertz CT molecular complexity index is 802. The molecule has 0 radical (unpaired) electrons. The van der Waals surface area contributed by atoms with Gasteiger partial charge in [0.05, 0.1) is 12.6 Å². The van der Waals surface area contributed by atoms with Crippen LogP contribution in [-0.2, 0) is 6.54 Å². The van der Waals surface area contributed by atoms with Crippen molar-refractivity contribution in [2.45, 2.75) is 32.0 Å². The molecule has 2 aromatic rings. The summed E-state index contributed by atoms with van der Waals surface area (Å²) in [6.45, 7) is 3.95. The predicted octanol–water partition coefficient (Wildman–Crippen LogP) is 4.21. The molecule has 2 aliphatic heterocycles. The van der Waals surface area contributed by atoms with Crippen molar-refractivity contribution in [2.75, 3.05) is 18.5 Å². The second-order valence-corrected chi connectivity index (χ2v) is 7.27. The molecule has 2 heterocycles. The first kappa shape index (κ1) is 17.3. The van der Waals surface area contributed by atoms with Gasteiger partial charge in [-0.3, -0.25) is 4.90 Å². The summed E-state index contributed by atoms with van der Waals surface area (Å²) < 4.78 is 13.2. The van der Waals surface area contributed by atoms with Crippen molar-refractivity contribution in [1.29, 1.82) is 0 Å². The van der Waals surface area contributed by atoms with Gasteiger partial charge in [0.15, 0.2) is 0 Å². The van der Waals surface area contributed by atoms with Crippen LogP contribution >= 0.6 is 0 Å². The Kier molecular flexibility index (Phi) is 4.79. The normalized spacial score (nSPS) is 25.1. The van der Waals surface area contributed by atoms with E-state index in [-0.39, 0.29) is 24.5 Å². The van der Waals surface area contributed by atoms with Crippen molar-refractivity contribution in [2.24, 2.45) is 5.92 Å². The number of hydrogen-bond acceptors (Lipinski definition) is 3. The van der Waals surface area contributed by atoms with Gasteiger partial charge in [-0.1, -0.05) is 30.4 Å². The first-order valence-electron chi connectivity index (χ1n) is 9.32. The fraction of sp³-hybridized carbons (Fsp3) is 0.364. The van der Waals surface area contributed by atoms with Crippen molar-refractivity contribution >= 4 is 11.8 Å². The quantitative estimate of drug-likeness (QED) is 0.865. The van der Waals surface area contributed by atoms with Gasteiger partial charge in [-0.2, -0.15) is 0 Å². The third-order valence-corrected chi connectivity index (χ3v) is 5.66. The second kappa shape index (κ2) is 7.22. The Hall–Kier alpha value is -2.17. The molecule has 1 saturated heterocycles. The van der Waals surface area contributed by atoms with Crippen molar-refractivity contribution in [3.63, 3.8) is 0 Å². The number of anilines is 1. The topological polar surface area (TPSA) is 35.5 Å². The van der Waals surface area contributed by atoms with E-state index in [0.717, 1.165) is 30.8 Å². The Morgan fingerprint density at radius 3 is 2.77 bits per heavy atom. The van der Waals surface area contributed by atoms with Crippen molar-refractivity contribution < 1.29 is 9.50 Å². The number of aliphatic hydroxyl groups is 1. The van der Waals surface area contributed by atoms with Crippen LogP contribution < -0.4 is 5.32 Å². The summed E-state index contributed by atoms with van der Waals surface area (Å²) in [5, 5.41) is 13.4. The van der Waals surface area contributed by atoms with Gasteiger partial charge in [0.1, 0.15) is 5.82 Å². The zero-order valence-corrected chi connectivity index (χ0v) is 15.0. The summed E-state index contributed by atoms with van der Waals surface area (Å²) in [4.78, 5) is 2.47. The van der Waals surface area contributed by atoms with E-state index < -0.39 is 0 Å². The molecule has 2 aromatic carbocycles. The molecule has 2 N–H and O–H groups in total. The van der Waals surface area contributed by atoms with Crippen LogP contribution in [0.25, 0.3) is 6.08 Å². The molecule has 26 heavy (non-hydrogen) atoms. The molecule has 0 aliphatic carbocycles. The Balaban J connectivity index is 1.68. The smallest absolute Gasteiger partial charge is 0.123 e. The van der Waals surface area contributed by atoms with Crippen molar-refractivity contribution in [1.82, 2.24) is 4.90 Å². The number of fused-ring (bicyclic) bond motifs is 3. The van der Waals surface area contributed by atoms with E-state index in [4.69, 9.17) is 0 Å². The highest BCUT2D eigenvalue weighted by molar-refractivity contribution is 5.63. The van der Waals surface area contributed by atoms with Crippen LogP contribution in [0, 0.1) is 11.7 Å². The lowest BCUT2D eigenvalue weighted by Crippen LogP contribution is -2.41. The molecule has 3 atom stereocenters. The summed E-state index contributed by atoms with van der Waals surface area (Å²) in [6.07, 6.45) is 5.22. The minimum atomic E-state index is -0.198. The van der Waals surface area contributed by atoms with E-state index in [1.165, 1.54) is 23.3 Å². The zero-order chi connectivity index (χ0) is 18.1. The van der Waals surface area contributed by atoms with Crippen LogP contribution in [0.1, 0.15) is 36.1 Å². The standard InChI is InChI=1S/C22H25FN2O/c1-2-3-15-6-9-20-19(12-15)22-18(21(14-26)24-20)10-11-25(22)13-16-4-7-17(23)8-5-16/h2-9,12,18,21-22,24,26H,10-11,13-14H2,1H3/b3-2+/t18-,21+,22-/m1/s1. The first-order valence-corrected chi connectivity index (χ1v) is 9.32. The number of likely N-dealkylation sites (tertiary alicyclic amines) is 1. The average Bonchev–Trinajstić information content (AvgIpc) is 3.07. The molecule has 0 bridgehead atoms. The zero-order valence-electron chi connectivity index (χ0n) is 15.0. The number of allylic oxidation sites excluding steroid dienone is 1. The minimum absolute atomic E-state index is 0.0817. The minimum Gasteiger partial charge on any atom is -0.394 e. The highest BCUT2D eigenvalue weighted by atomic mass is 19.1. The third kappa shape index (κ3) is 3.15. The molecule has 2 aliphatic rings. The third-order valence-electron chi connectivity index (χ3n) is 5.66. The van der Waals surface area contributed by atoms with Gasteiger partial charge in [-0.05, 0) is 60.8 Å². The maximum absolute atomic E-state index is 13.2. The van der Waals surface area contributed by atoms with Gasteiger partial charge in [-0.25, -0.2) is 4.39 Å². The van der Waals surface area contributed by atoms with E-state index in [0.29, 0.717) is 5.92 Å². The van der Waals surface area contributed by atoms with Gasteiger partial charge in [0.2, 0.25) is 0 Å². The van der Waals surface area contributed by atoms with E-state index in [1.54, 1.807) is 0 Å². The molecule has 4 heteroatoms. The molecule has 0 aromatic heterocycles. The predicted molar refractivity (Wildman–Crippen MR) is 103 cm³/mol. The van der Waals surface area contributed by atoms with Gasteiger partial charge in [-0.15, -0.1) is 0 Å². The number of rotatable bonds is 4. The van der Waals surface area contributed by atoms with Crippen LogP contribution in [0.3, 0.4) is 0 Å². The summed E-state index contributed by atoms with van der Waals surface area (Å²) in [6, 6.07) is 13.6. The Labute approximate surface area is 154 Å². The van der Waals surface area contributed by atoms with E-state index in [9.17, 15) is 9.50 Å². The number of halogens is 1. The van der Waals surface area contributed by atoms with Gasteiger partial charge >= 0.3 is 0 Å². The summed E-state index contributed by atoms with van der Waals surface area (Å²) in [5.41, 5.74) is 4.74. The lowest BCUT2D eigenvalue weighted by molar-refractivity contribution is 0.172. The maximum atomic E-state index is 13.2. The molecule has 3 nitrogen and oxygen atoms in total. The lowest BCUT2D eigenvalue weighted by Gasteiger charge is -2.39. The molecule has 0 spiro atoms. The summed E-state index contributed by atoms with van der Waals surface area (Å²) >= 11 is 0. The summed E-state index contributed by atoms with van der Waals surface area (Å²) in [5.74, 6) is 0.186. The molecule has 0 unspecified atom stereocenters. The number of nitrogens with one attached hydrogen (secondary N) is 1. The molecular formula is C22H25FN2O. The molecule has 0 amide bonds. The van der Waals surface area contributed by atoms with Crippen LogP contribution in [0.4, 0.5) is 10.1 Å². The highest BCUT2D eigenvalue weighted by Crippen LogP contribution is 2.47. The Morgan fingerprint density at radius 2 is 2.04 bits per heavy atom. The molecule has 136 valence electrons. The number of aliphatic hydroxyl groups excluding tert-OH is 1. The average molecular weight is 352 g/mol. The SMILES string of the molecule is C/C=C/c1ccc2c(c1)[C@H]1[C@H](CCN1Cc1ccc(F)cc1)[C@H](CO)N2. The number of nitrogens with zero attached hydrogens (tertiary/aromatic N) is 1. The molecular weight excluding hydrogens is 327 g/mol. The van der Waals surface area contributed by atoms with Gasteiger partial charge in [0, 0.05) is 24.2 Å². The molecule has 0 saturated carbocycles. The molecule has 1 fully saturated rings. The van der Waals surface area contributed by atoms with Crippen molar-refractivity contribution in [3.8, 4) is 0 Å². The summed E-state index contributed by atoms with van der Waals surface area (Å²) in [7, 11) is 0. The largest absolute Gasteiger partial charge is 0.394 e. The monoisotopic (exact) mass is 352 g/mol. The maximum Gasteiger partial charge on any atom is 0.123 e. The van der Waals surface area contributed by atoms with Gasteiger partial charge < -0.3 is 10.4 Å². The first-order chi connectivity index (χ1) is 12.7. The van der Waals surface area contributed by atoms with E-state index >= 15 is 0 Å². The van der Waals surface area contributed by atoms with E-state index in [2.05, 4.69) is 40.6 Å². The highest BCUT2D eigenvalue weighted by Gasteiger charge is 2.43. The van der Waals surface area contributed by atoms with Crippen LogP contribution in [-0.4, -0.2) is 29.2 Å². The van der Waals surface area contributed by atoms with E-state index in [1.807, 2.05) is 19.1 Å². The van der Waals surface area contributed by atoms with Crippen LogP contribution in [0.2, 0.25) is 0 Å². The van der Waals surface area contributed by atoms with Crippen LogP contribution in [0.15, 0.2) is 48.5 Å². The van der Waals surface area contributed by atoms with Crippen molar-refractivity contribution in [3.05, 3.63) is 71.0 Å².